The molecule has 0 aromatic rings. The summed E-state index contributed by atoms with van der Waals surface area (Å²) in [6.07, 6.45) is 2.42. The molecule has 1 aliphatic carbocycles. The van der Waals surface area contributed by atoms with Crippen molar-refractivity contribution in [3.05, 3.63) is 0 Å². The molecule has 4 atom stereocenters. The van der Waals surface area contributed by atoms with E-state index in [-0.39, 0.29) is 6.09 Å². The average molecular weight is 296 g/mol. The van der Waals surface area contributed by atoms with E-state index in [4.69, 9.17) is 9.47 Å². The topological polar surface area (TPSA) is 50.8 Å². The van der Waals surface area contributed by atoms with Crippen LogP contribution in [0.4, 0.5) is 4.79 Å². The van der Waals surface area contributed by atoms with Crippen molar-refractivity contribution < 1.29 is 14.3 Å². The number of piperidine rings is 1. The maximum Gasteiger partial charge on any atom is 0.410 e. The lowest BCUT2D eigenvalue weighted by atomic mass is 10.0. The molecule has 1 saturated carbocycles. The van der Waals surface area contributed by atoms with Gasteiger partial charge in [-0.25, -0.2) is 4.79 Å². The van der Waals surface area contributed by atoms with Crippen LogP contribution in [0.2, 0.25) is 0 Å². The first-order chi connectivity index (χ1) is 9.83. The van der Waals surface area contributed by atoms with Crippen LogP contribution in [-0.4, -0.2) is 54.5 Å². The lowest BCUT2D eigenvalue weighted by Gasteiger charge is -2.30. The average Bonchev–Trinajstić information content (AvgIpc) is 2.83. The summed E-state index contributed by atoms with van der Waals surface area (Å²) in [6.45, 7) is 10.4. The fourth-order valence-corrected chi connectivity index (χ4v) is 3.67. The molecule has 21 heavy (non-hydrogen) atoms. The number of carbonyl (C=O) groups excluding carboxylic acids is 1. The van der Waals surface area contributed by atoms with E-state index in [1.807, 2.05) is 25.7 Å². The third kappa shape index (κ3) is 3.51. The Hall–Kier alpha value is -0.810. The number of nitrogens with one attached hydrogen (secondary N) is 1. The van der Waals surface area contributed by atoms with Gasteiger partial charge in [0.1, 0.15) is 5.60 Å². The Morgan fingerprint density at radius 2 is 1.95 bits per heavy atom. The standard InChI is InChI=1S/C16H28N2O3/c1-10-7-11(5-6-20-10)17-14-12-8-18(9-13(12)14)15(19)21-16(2,3)4/h10-14,17H,5-9H2,1-4H3. The van der Waals surface area contributed by atoms with Gasteiger partial charge in [0.25, 0.3) is 0 Å². The predicted octanol–water partition coefficient (Wildman–Crippen LogP) is 2.01. The summed E-state index contributed by atoms with van der Waals surface area (Å²) < 4.78 is 11.0. The fourth-order valence-electron chi connectivity index (χ4n) is 3.67. The summed E-state index contributed by atoms with van der Waals surface area (Å²) in [4.78, 5) is 13.9. The zero-order valence-corrected chi connectivity index (χ0v) is 13.6. The molecule has 4 unspecified atom stereocenters. The second-order valence-corrected chi connectivity index (χ2v) is 7.81. The highest BCUT2D eigenvalue weighted by Gasteiger charge is 2.57. The van der Waals surface area contributed by atoms with Crippen LogP contribution in [0.15, 0.2) is 0 Å². The number of fused-ring (bicyclic) bond motifs is 1. The summed E-state index contributed by atoms with van der Waals surface area (Å²) >= 11 is 0. The molecule has 0 aromatic carbocycles. The quantitative estimate of drug-likeness (QED) is 0.847. The first-order valence-corrected chi connectivity index (χ1v) is 8.19. The number of carbonyl (C=O) groups is 1. The van der Waals surface area contributed by atoms with E-state index in [0.29, 0.717) is 30.0 Å². The molecule has 0 radical (unpaired) electrons. The first-order valence-electron chi connectivity index (χ1n) is 8.19. The second kappa shape index (κ2) is 5.43. The lowest BCUT2D eigenvalue weighted by Crippen LogP contribution is -2.43. The van der Waals surface area contributed by atoms with E-state index in [0.717, 1.165) is 32.5 Å². The number of nitrogens with zero attached hydrogens (tertiary/aromatic N) is 1. The highest BCUT2D eigenvalue weighted by atomic mass is 16.6. The second-order valence-electron chi connectivity index (χ2n) is 7.81. The van der Waals surface area contributed by atoms with Crippen molar-refractivity contribution in [1.82, 2.24) is 10.2 Å². The van der Waals surface area contributed by atoms with Gasteiger partial charge in [-0.2, -0.15) is 0 Å². The van der Waals surface area contributed by atoms with Crippen LogP contribution in [0.5, 0.6) is 0 Å². The number of likely N-dealkylation sites (tertiary alicyclic amines) is 1. The third-order valence-electron chi connectivity index (χ3n) is 4.76. The van der Waals surface area contributed by atoms with E-state index in [1.54, 1.807) is 0 Å². The normalized spacial score (nSPS) is 39.0. The number of hydrogen-bond acceptors (Lipinski definition) is 4. The highest BCUT2D eigenvalue weighted by molar-refractivity contribution is 5.69. The Morgan fingerprint density at radius 3 is 2.52 bits per heavy atom. The lowest BCUT2D eigenvalue weighted by molar-refractivity contribution is 0.0116. The molecule has 3 aliphatic rings. The van der Waals surface area contributed by atoms with Gasteiger partial charge in [0.2, 0.25) is 0 Å². The Labute approximate surface area is 127 Å². The van der Waals surface area contributed by atoms with E-state index < -0.39 is 5.60 Å². The molecule has 3 fully saturated rings. The minimum atomic E-state index is -0.403. The fraction of sp³-hybridized carbons (Fsp3) is 0.938. The van der Waals surface area contributed by atoms with E-state index in [2.05, 4.69) is 12.2 Å². The van der Waals surface area contributed by atoms with Gasteiger partial charge in [-0.05, 0) is 52.4 Å². The van der Waals surface area contributed by atoms with Crippen molar-refractivity contribution in [2.24, 2.45) is 11.8 Å². The van der Waals surface area contributed by atoms with Crippen molar-refractivity contribution in [2.45, 2.75) is 64.3 Å². The van der Waals surface area contributed by atoms with E-state index in [9.17, 15) is 4.79 Å². The molecule has 120 valence electrons. The SMILES string of the molecule is CC1CC(NC2C3CN(C(=O)OC(C)(C)C)CC32)CCO1. The number of ether oxygens (including phenoxy) is 2. The maximum atomic E-state index is 12.0. The van der Waals surface area contributed by atoms with Crippen LogP contribution in [0.1, 0.15) is 40.5 Å². The summed E-state index contributed by atoms with van der Waals surface area (Å²) in [5.41, 5.74) is -0.403. The van der Waals surface area contributed by atoms with Gasteiger partial charge in [0, 0.05) is 31.8 Å². The predicted molar refractivity (Wildman–Crippen MR) is 80.1 cm³/mol. The zero-order chi connectivity index (χ0) is 15.2. The van der Waals surface area contributed by atoms with Crippen LogP contribution >= 0.6 is 0 Å². The smallest absolute Gasteiger partial charge is 0.410 e. The molecular weight excluding hydrogens is 268 g/mol. The molecule has 1 N–H and O–H groups in total. The van der Waals surface area contributed by atoms with Gasteiger partial charge in [0.05, 0.1) is 6.10 Å². The number of amides is 1. The molecule has 0 bridgehead atoms. The Morgan fingerprint density at radius 1 is 1.29 bits per heavy atom. The van der Waals surface area contributed by atoms with Crippen LogP contribution in [0.3, 0.4) is 0 Å². The van der Waals surface area contributed by atoms with Gasteiger partial charge in [-0.15, -0.1) is 0 Å². The Kier molecular flexibility index (Phi) is 3.91. The largest absolute Gasteiger partial charge is 0.444 e. The van der Waals surface area contributed by atoms with Crippen molar-refractivity contribution in [3.8, 4) is 0 Å². The van der Waals surface area contributed by atoms with Crippen molar-refractivity contribution in [2.75, 3.05) is 19.7 Å². The number of rotatable bonds is 2. The minimum Gasteiger partial charge on any atom is -0.444 e. The van der Waals surface area contributed by atoms with Crippen molar-refractivity contribution in [3.63, 3.8) is 0 Å². The first kappa shape index (κ1) is 15.1. The molecule has 1 amide bonds. The van der Waals surface area contributed by atoms with Gasteiger partial charge in [-0.3, -0.25) is 0 Å². The molecule has 0 aromatic heterocycles. The molecule has 3 rings (SSSR count). The summed E-state index contributed by atoms with van der Waals surface area (Å²) in [6, 6.07) is 1.18. The summed E-state index contributed by atoms with van der Waals surface area (Å²) in [7, 11) is 0. The van der Waals surface area contributed by atoms with Crippen LogP contribution in [-0.2, 0) is 9.47 Å². The van der Waals surface area contributed by atoms with Gasteiger partial charge in [-0.1, -0.05) is 0 Å². The number of hydrogen-bond donors (Lipinski definition) is 1. The summed E-state index contributed by atoms with van der Waals surface area (Å²) in [5.74, 6) is 1.24. The monoisotopic (exact) mass is 296 g/mol. The Bertz CT molecular complexity index is 395. The van der Waals surface area contributed by atoms with Crippen molar-refractivity contribution >= 4 is 6.09 Å². The molecule has 2 aliphatic heterocycles. The highest BCUT2D eigenvalue weighted by Crippen LogP contribution is 2.46. The maximum absolute atomic E-state index is 12.0. The van der Waals surface area contributed by atoms with Gasteiger partial charge in [0.15, 0.2) is 0 Å². The molecule has 2 heterocycles. The Balaban J connectivity index is 1.43. The van der Waals surface area contributed by atoms with Gasteiger partial charge >= 0.3 is 6.09 Å². The van der Waals surface area contributed by atoms with E-state index in [1.165, 1.54) is 0 Å². The minimum absolute atomic E-state index is 0.159. The molecule has 5 heteroatoms. The van der Waals surface area contributed by atoms with Crippen LogP contribution < -0.4 is 5.32 Å². The molecular formula is C16H28N2O3. The molecule has 0 spiro atoms. The summed E-state index contributed by atoms with van der Waals surface area (Å²) in [5, 5.41) is 3.77. The van der Waals surface area contributed by atoms with Gasteiger partial charge < -0.3 is 19.7 Å². The molecule has 5 nitrogen and oxygen atoms in total. The molecule has 2 saturated heterocycles. The van der Waals surface area contributed by atoms with E-state index >= 15 is 0 Å². The van der Waals surface area contributed by atoms with Crippen molar-refractivity contribution in [1.29, 1.82) is 0 Å². The van der Waals surface area contributed by atoms with Crippen LogP contribution in [0, 0.1) is 11.8 Å². The third-order valence-corrected chi connectivity index (χ3v) is 4.76. The van der Waals surface area contributed by atoms with Crippen LogP contribution in [0.25, 0.3) is 0 Å². The zero-order valence-electron chi connectivity index (χ0n) is 13.6.